The van der Waals surface area contributed by atoms with Gasteiger partial charge in [0, 0.05) is 19.0 Å². The van der Waals surface area contributed by atoms with Crippen LogP contribution in [0.3, 0.4) is 0 Å². The van der Waals surface area contributed by atoms with E-state index in [0.29, 0.717) is 17.3 Å². The number of benzene rings is 1. The Kier molecular flexibility index (Phi) is 6.48. The molecule has 21 heavy (non-hydrogen) atoms. The molecule has 0 saturated carbocycles. The molecule has 118 valence electrons. The van der Waals surface area contributed by atoms with E-state index in [-0.39, 0.29) is 0 Å². The third kappa shape index (κ3) is 5.25. The van der Waals surface area contributed by atoms with Gasteiger partial charge in [0.1, 0.15) is 0 Å². The number of nitrogens with one attached hydrogen (secondary N) is 1. The average molecular weight is 331 g/mol. The summed E-state index contributed by atoms with van der Waals surface area (Å²) in [7, 11) is -3.40. The Bertz CT molecular complexity index is 525. The SMILES string of the molecule is O=S(=O)(NCCN1CCCCC1)c1ccc(CCCl)cc1. The fraction of sp³-hybridized carbons (Fsp3) is 0.600. The number of hydrogen-bond acceptors (Lipinski definition) is 3. The number of sulfonamides is 1. The van der Waals surface area contributed by atoms with Gasteiger partial charge in [0.05, 0.1) is 4.90 Å². The van der Waals surface area contributed by atoms with Gasteiger partial charge < -0.3 is 4.90 Å². The molecule has 4 nitrogen and oxygen atoms in total. The van der Waals surface area contributed by atoms with Gasteiger partial charge in [-0.15, -0.1) is 11.6 Å². The molecule has 0 bridgehead atoms. The van der Waals surface area contributed by atoms with Crippen LogP contribution >= 0.6 is 11.6 Å². The monoisotopic (exact) mass is 330 g/mol. The molecule has 0 radical (unpaired) electrons. The Morgan fingerprint density at radius 3 is 2.38 bits per heavy atom. The number of likely N-dealkylation sites (tertiary alicyclic amines) is 1. The summed E-state index contributed by atoms with van der Waals surface area (Å²) in [6, 6.07) is 6.93. The number of aryl methyl sites for hydroxylation is 1. The van der Waals surface area contributed by atoms with E-state index >= 15 is 0 Å². The largest absolute Gasteiger partial charge is 0.302 e. The van der Waals surface area contributed by atoms with E-state index < -0.39 is 10.0 Å². The Hall–Kier alpha value is -0.620. The lowest BCUT2D eigenvalue weighted by Crippen LogP contribution is -2.37. The predicted octanol–water partition coefficient (Wildman–Crippen LogP) is 2.23. The molecule has 0 spiro atoms. The van der Waals surface area contributed by atoms with E-state index in [2.05, 4.69) is 9.62 Å². The number of rotatable bonds is 7. The Labute approximate surface area is 132 Å². The molecule has 1 aliphatic heterocycles. The van der Waals surface area contributed by atoms with Crippen molar-refractivity contribution in [3.05, 3.63) is 29.8 Å². The second-order valence-electron chi connectivity index (χ2n) is 5.38. The van der Waals surface area contributed by atoms with Gasteiger partial charge in [0.15, 0.2) is 0 Å². The molecule has 1 aliphatic rings. The maximum atomic E-state index is 12.2. The third-order valence-electron chi connectivity index (χ3n) is 3.79. The van der Waals surface area contributed by atoms with Gasteiger partial charge in [0.2, 0.25) is 10.0 Å². The van der Waals surface area contributed by atoms with Crippen LogP contribution in [0.2, 0.25) is 0 Å². The summed E-state index contributed by atoms with van der Waals surface area (Å²) < 4.78 is 27.1. The van der Waals surface area contributed by atoms with E-state index in [9.17, 15) is 8.42 Å². The van der Waals surface area contributed by atoms with Gasteiger partial charge in [0.25, 0.3) is 0 Å². The normalized spacial score (nSPS) is 17.0. The van der Waals surface area contributed by atoms with Crippen molar-refractivity contribution >= 4 is 21.6 Å². The highest BCUT2D eigenvalue weighted by Gasteiger charge is 2.15. The minimum atomic E-state index is -3.40. The van der Waals surface area contributed by atoms with Crippen molar-refractivity contribution in [1.29, 1.82) is 0 Å². The molecule has 1 aromatic rings. The molecule has 0 atom stereocenters. The highest BCUT2D eigenvalue weighted by Crippen LogP contribution is 2.12. The van der Waals surface area contributed by atoms with Crippen molar-refractivity contribution in [2.75, 3.05) is 32.1 Å². The first-order valence-electron chi connectivity index (χ1n) is 7.49. The third-order valence-corrected chi connectivity index (χ3v) is 5.45. The lowest BCUT2D eigenvalue weighted by Gasteiger charge is -2.26. The summed E-state index contributed by atoms with van der Waals surface area (Å²) in [5.74, 6) is 0.542. The van der Waals surface area contributed by atoms with E-state index in [1.807, 2.05) is 12.1 Å². The molecule has 1 N–H and O–H groups in total. The van der Waals surface area contributed by atoms with Crippen LogP contribution in [0.4, 0.5) is 0 Å². The zero-order valence-corrected chi connectivity index (χ0v) is 13.8. The van der Waals surface area contributed by atoms with Crippen LogP contribution in [0.5, 0.6) is 0 Å². The molecule has 1 heterocycles. The molecular weight excluding hydrogens is 308 g/mol. The van der Waals surface area contributed by atoms with Crippen LogP contribution in [0, 0.1) is 0 Å². The van der Waals surface area contributed by atoms with E-state index in [0.717, 1.165) is 31.6 Å². The van der Waals surface area contributed by atoms with E-state index in [1.165, 1.54) is 19.3 Å². The summed E-state index contributed by atoms with van der Waals surface area (Å²) >= 11 is 5.67. The van der Waals surface area contributed by atoms with E-state index in [1.54, 1.807) is 12.1 Å². The van der Waals surface area contributed by atoms with Crippen LogP contribution in [-0.2, 0) is 16.4 Å². The van der Waals surface area contributed by atoms with E-state index in [4.69, 9.17) is 11.6 Å². The van der Waals surface area contributed by atoms with Crippen molar-refractivity contribution < 1.29 is 8.42 Å². The molecule has 6 heteroatoms. The maximum Gasteiger partial charge on any atom is 0.240 e. The van der Waals surface area contributed by atoms with Crippen molar-refractivity contribution in [3.63, 3.8) is 0 Å². The van der Waals surface area contributed by atoms with Crippen LogP contribution in [0.25, 0.3) is 0 Å². The fourth-order valence-electron chi connectivity index (χ4n) is 2.55. The number of alkyl halides is 1. The van der Waals surface area contributed by atoms with Crippen molar-refractivity contribution in [2.45, 2.75) is 30.6 Å². The van der Waals surface area contributed by atoms with Gasteiger partial charge in [-0.2, -0.15) is 0 Å². The summed E-state index contributed by atoms with van der Waals surface area (Å²) in [6.45, 7) is 3.40. The van der Waals surface area contributed by atoms with Crippen molar-refractivity contribution in [2.24, 2.45) is 0 Å². The first kappa shape index (κ1) is 16.7. The van der Waals surface area contributed by atoms with Crippen LogP contribution < -0.4 is 4.72 Å². The zero-order chi connectivity index (χ0) is 15.1. The highest BCUT2D eigenvalue weighted by atomic mass is 35.5. The average Bonchev–Trinajstić information content (AvgIpc) is 2.49. The summed E-state index contributed by atoms with van der Waals surface area (Å²) in [6.07, 6.45) is 4.48. The molecular formula is C15H23ClN2O2S. The Morgan fingerprint density at radius 2 is 1.76 bits per heavy atom. The molecule has 2 rings (SSSR count). The fourth-order valence-corrected chi connectivity index (χ4v) is 3.79. The topological polar surface area (TPSA) is 49.4 Å². The molecule has 1 fully saturated rings. The predicted molar refractivity (Wildman–Crippen MR) is 86.3 cm³/mol. The van der Waals surface area contributed by atoms with Crippen LogP contribution in [-0.4, -0.2) is 45.4 Å². The van der Waals surface area contributed by atoms with Crippen LogP contribution in [0.15, 0.2) is 29.2 Å². The second kappa shape index (κ2) is 8.13. The van der Waals surface area contributed by atoms with Crippen molar-refractivity contribution in [1.82, 2.24) is 9.62 Å². The number of hydrogen-bond donors (Lipinski definition) is 1. The van der Waals surface area contributed by atoms with Gasteiger partial charge >= 0.3 is 0 Å². The summed E-state index contributed by atoms with van der Waals surface area (Å²) in [5, 5.41) is 0. The molecule has 1 saturated heterocycles. The smallest absolute Gasteiger partial charge is 0.240 e. The molecule has 0 aromatic heterocycles. The minimum absolute atomic E-state index is 0.319. The van der Waals surface area contributed by atoms with Gasteiger partial charge in [-0.1, -0.05) is 18.6 Å². The number of piperidine rings is 1. The molecule has 0 amide bonds. The second-order valence-corrected chi connectivity index (χ2v) is 7.53. The lowest BCUT2D eigenvalue weighted by atomic mass is 10.1. The standard InChI is InChI=1S/C15H23ClN2O2S/c16-9-8-14-4-6-15(7-5-14)21(19,20)17-10-13-18-11-2-1-3-12-18/h4-7,17H,1-3,8-13H2. The van der Waals surface area contributed by atoms with Gasteiger partial charge in [-0.25, -0.2) is 13.1 Å². The van der Waals surface area contributed by atoms with Crippen molar-refractivity contribution in [3.8, 4) is 0 Å². The number of nitrogens with zero attached hydrogens (tertiary/aromatic N) is 1. The lowest BCUT2D eigenvalue weighted by molar-refractivity contribution is 0.233. The Balaban J connectivity index is 1.85. The minimum Gasteiger partial charge on any atom is -0.302 e. The molecule has 1 aromatic carbocycles. The zero-order valence-electron chi connectivity index (χ0n) is 12.2. The van der Waals surface area contributed by atoms with Crippen LogP contribution in [0.1, 0.15) is 24.8 Å². The highest BCUT2D eigenvalue weighted by molar-refractivity contribution is 7.89. The van der Waals surface area contributed by atoms with Gasteiger partial charge in [-0.05, 0) is 50.0 Å². The molecule has 0 unspecified atom stereocenters. The maximum absolute atomic E-state index is 12.2. The first-order chi connectivity index (χ1) is 10.1. The number of halogens is 1. The van der Waals surface area contributed by atoms with Gasteiger partial charge in [-0.3, -0.25) is 0 Å². The first-order valence-corrected chi connectivity index (χ1v) is 9.50. The molecule has 0 aliphatic carbocycles. The summed E-state index contributed by atoms with van der Waals surface area (Å²) in [4.78, 5) is 2.63. The summed E-state index contributed by atoms with van der Waals surface area (Å²) in [5.41, 5.74) is 1.05. The quantitative estimate of drug-likeness (QED) is 0.780. The Morgan fingerprint density at radius 1 is 1.10 bits per heavy atom.